The predicted octanol–water partition coefficient (Wildman–Crippen LogP) is 3.24. The highest BCUT2D eigenvalue weighted by Gasteiger charge is 2.26. The van der Waals surface area contributed by atoms with Gasteiger partial charge >= 0.3 is 0 Å². The van der Waals surface area contributed by atoms with Crippen LogP contribution in [-0.4, -0.2) is 39.0 Å². The van der Waals surface area contributed by atoms with Gasteiger partial charge in [0.15, 0.2) is 12.6 Å². The van der Waals surface area contributed by atoms with E-state index >= 15 is 0 Å². The van der Waals surface area contributed by atoms with Crippen LogP contribution in [0.3, 0.4) is 0 Å². The Hall–Kier alpha value is -0.940. The van der Waals surface area contributed by atoms with Crippen LogP contribution in [0.1, 0.15) is 36.8 Å². The first-order chi connectivity index (χ1) is 10.7. The SMILES string of the molecule is Cc1ccc(C2COC(CCC3OCC(C)CO3)OC2)cc1. The standard InChI is InChI=1S/C18H26O4/c1-13-3-5-15(6-4-13)16-11-21-18(22-12-16)8-7-17-19-9-14(2)10-20-17/h3-6,14,16-18H,7-12H2,1-2H3. The average molecular weight is 306 g/mol. The molecule has 0 bridgehead atoms. The first-order valence-corrected chi connectivity index (χ1v) is 8.23. The van der Waals surface area contributed by atoms with Crippen LogP contribution in [0.5, 0.6) is 0 Å². The Morgan fingerprint density at radius 1 is 0.818 bits per heavy atom. The fraction of sp³-hybridized carbons (Fsp3) is 0.667. The lowest BCUT2D eigenvalue weighted by Gasteiger charge is -2.32. The molecule has 0 amide bonds. The zero-order chi connectivity index (χ0) is 15.4. The summed E-state index contributed by atoms with van der Waals surface area (Å²) < 4.78 is 23.0. The first-order valence-electron chi connectivity index (χ1n) is 8.23. The highest BCUT2D eigenvalue weighted by molar-refractivity contribution is 5.24. The molecule has 0 N–H and O–H groups in total. The number of hydrogen-bond donors (Lipinski definition) is 0. The van der Waals surface area contributed by atoms with Gasteiger partial charge in [-0.1, -0.05) is 36.8 Å². The van der Waals surface area contributed by atoms with E-state index in [1.54, 1.807) is 0 Å². The van der Waals surface area contributed by atoms with E-state index in [0.717, 1.165) is 39.3 Å². The van der Waals surface area contributed by atoms with Crippen LogP contribution in [0.2, 0.25) is 0 Å². The largest absolute Gasteiger partial charge is 0.352 e. The Labute approximate surface area is 132 Å². The van der Waals surface area contributed by atoms with E-state index in [9.17, 15) is 0 Å². The van der Waals surface area contributed by atoms with Gasteiger partial charge in [0.2, 0.25) is 0 Å². The minimum atomic E-state index is -0.131. The van der Waals surface area contributed by atoms with E-state index in [0.29, 0.717) is 11.8 Å². The maximum atomic E-state index is 5.85. The van der Waals surface area contributed by atoms with Gasteiger partial charge in [-0.05, 0) is 12.5 Å². The van der Waals surface area contributed by atoms with Gasteiger partial charge < -0.3 is 18.9 Å². The van der Waals surface area contributed by atoms with Crippen LogP contribution in [0, 0.1) is 12.8 Å². The first kappa shape index (κ1) is 15.9. The summed E-state index contributed by atoms with van der Waals surface area (Å²) in [7, 11) is 0. The fourth-order valence-electron chi connectivity index (χ4n) is 2.82. The summed E-state index contributed by atoms with van der Waals surface area (Å²) >= 11 is 0. The van der Waals surface area contributed by atoms with E-state index < -0.39 is 0 Å². The third-order valence-corrected chi connectivity index (χ3v) is 4.29. The predicted molar refractivity (Wildman–Crippen MR) is 83.7 cm³/mol. The monoisotopic (exact) mass is 306 g/mol. The van der Waals surface area contributed by atoms with E-state index in [-0.39, 0.29) is 12.6 Å². The molecular weight excluding hydrogens is 280 g/mol. The third-order valence-electron chi connectivity index (χ3n) is 4.29. The molecule has 0 atom stereocenters. The van der Waals surface area contributed by atoms with Crippen molar-refractivity contribution < 1.29 is 18.9 Å². The molecule has 122 valence electrons. The normalized spacial score (nSPS) is 32.8. The van der Waals surface area contributed by atoms with Crippen LogP contribution >= 0.6 is 0 Å². The molecular formula is C18H26O4. The third kappa shape index (κ3) is 4.29. The second-order valence-electron chi connectivity index (χ2n) is 6.48. The molecule has 3 rings (SSSR count). The molecule has 0 saturated carbocycles. The summed E-state index contributed by atoms with van der Waals surface area (Å²) in [6.07, 6.45) is 1.41. The van der Waals surface area contributed by atoms with Gasteiger partial charge in [0, 0.05) is 24.7 Å². The minimum absolute atomic E-state index is 0.0989. The Bertz CT molecular complexity index is 443. The van der Waals surface area contributed by atoms with Crippen LogP contribution in [0.25, 0.3) is 0 Å². The molecule has 2 aliphatic rings. The average Bonchev–Trinajstić information content (AvgIpc) is 2.56. The van der Waals surface area contributed by atoms with E-state index in [4.69, 9.17) is 18.9 Å². The molecule has 0 radical (unpaired) electrons. The van der Waals surface area contributed by atoms with Crippen molar-refractivity contribution in [3.8, 4) is 0 Å². The van der Waals surface area contributed by atoms with Crippen LogP contribution in [0.15, 0.2) is 24.3 Å². The zero-order valence-electron chi connectivity index (χ0n) is 13.5. The maximum absolute atomic E-state index is 5.85. The van der Waals surface area contributed by atoms with Gasteiger partial charge in [-0.2, -0.15) is 0 Å². The van der Waals surface area contributed by atoms with Gasteiger partial charge in [-0.3, -0.25) is 0 Å². The van der Waals surface area contributed by atoms with Gasteiger partial charge in [-0.25, -0.2) is 0 Å². The number of ether oxygens (including phenoxy) is 4. The van der Waals surface area contributed by atoms with Crippen LogP contribution in [-0.2, 0) is 18.9 Å². The molecule has 4 nitrogen and oxygen atoms in total. The number of hydrogen-bond acceptors (Lipinski definition) is 4. The minimum Gasteiger partial charge on any atom is -0.352 e. The van der Waals surface area contributed by atoms with Crippen molar-refractivity contribution in [2.45, 2.75) is 45.2 Å². The highest BCUT2D eigenvalue weighted by Crippen LogP contribution is 2.25. The van der Waals surface area contributed by atoms with Crippen molar-refractivity contribution in [3.63, 3.8) is 0 Å². The van der Waals surface area contributed by atoms with E-state index in [1.165, 1.54) is 11.1 Å². The quantitative estimate of drug-likeness (QED) is 0.856. The summed E-state index contributed by atoms with van der Waals surface area (Å²) in [5, 5.41) is 0. The summed E-state index contributed by atoms with van der Waals surface area (Å²) in [6, 6.07) is 8.61. The molecule has 2 aliphatic heterocycles. The van der Waals surface area contributed by atoms with Crippen LogP contribution < -0.4 is 0 Å². The molecule has 0 aliphatic carbocycles. The molecule has 1 aromatic carbocycles. The van der Waals surface area contributed by atoms with Crippen molar-refractivity contribution in [2.24, 2.45) is 5.92 Å². The molecule has 4 heteroatoms. The second kappa shape index (κ2) is 7.55. The van der Waals surface area contributed by atoms with Crippen LogP contribution in [0.4, 0.5) is 0 Å². The molecule has 2 fully saturated rings. The van der Waals surface area contributed by atoms with Crippen molar-refractivity contribution in [2.75, 3.05) is 26.4 Å². The molecule has 0 spiro atoms. The van der Waals surface area contributed by atoms with Crippen molar-refractivity contribution in [3.05, 3.63) is 35.4 Å². The van der Waals surface area contributed by atoms with Gasteiger partial charge in [0.05, 0.1) is 26.4 Å². The van der Waals surface area contributed by atoms with E-state index in [1.807, 2.05) is 0 Å². The van der Waals surface area contributed by atoms with Gasteiger partial charge in [0.1, 0.15) is 0 Å². The number of benzene rings is 1. The lowest BCUT2D eigenvalue weighted by molar-refractivity contribution is -0.223. The summed E-state index contributed by atoms with van der Waals surface area (Å²) in [4.78, 5) is 0. The summed E-state index contributed by atoms with van der Waals surface area (Å²) in [6.45, 7) is 7.24. The van der Waals surface area contributed by atoms with Gasteiger partial charge in [0.25, 0.3) is 0 Å². The lowest BCUT2D eigenvalue weighted by atomic mass is 9.99. The smallest absolute Gasteiger partial charge is 0.157 e. The Kier molecular flexibility index (Phi) is 5.47. The van der Waals surface area contributed by atoms with E-state index in [2.05, 4.69) is 38.1 Å². The van der Waals surface area contributed by atoms with Crippen molar-refractivity contribution in [1.82, 2.24) is 0 Å². The summed E-state index contributed by atoms with van der Waals surface area (Å²) in [5.41, 5.74) is 2.57. The molecule has 0 unspecified atom stereocenters. The second-order valence-corrected chi connectivity index (χ2v) is 6.48. The Morgan fingerprint density at radius 2 is 1.32 bits per heavy atom. The zero-order valence-corrected chi connectivity index (χ0v) is 13.5. The molecule has 22 heavy (non-hydrogen) atoms. The lowest BCUT2D eigenvalue weighted by Crippen LogP contribution is -2.34. The van der Waals surface area contributed by atoms with Gasteiger partial charge in [-0.15, -0.1) is 0 Å². The molecule has 1 aromatic rings. The summed E-state index contributed by atoms with van der Waals surface area (Å²) in [5.74, 6) is 0.827. The fourth-order valence-corrected chi connectivity index (χ4v) is 2.82. The Morgan fingerprint density at radius 3 is 1.86 bits per heavy atom. The molecule has 0 aromatic heterocycles. The Balaban J connectivity index is 1.39. The van der Waals surface area contributed by atoms with Crippen molar-refractivity contribution in [1.29, 1.82) is 0 Å². The number of aryl methyl sites for hydroxylation is 1. The molecule has 2 saturated heterocycles. The highest BCUT2D eigenvalue weighted by atomic mass is 16.7. The number of rotatable bonds is 4. The molecule has 2 heterocycles. The van der Waals surface area contributed by atoms with Crippen molar-refractivity contribution >= 4 is 0 Å². The maximum Gasteiger partial charge on any atom is 0.157 e. The topological polar surface area (TPSA) is 36.9 Å².